The summed E-state index contributed by atoms with van der Waals surface area (Å²) in [5, 5.41) is 3.89. The molecule has 106 valence electrons. The summed E-state index contributed by atoms with van der Waals surface area (Å²) in [7, 11) is 0. The molecule has 1 atom stereocenters. The smallest absolute Gasteiger partial charge is 0.252 e. The van der Waals surface area contributed by atoms with Gasteiger partial charge in [0, 0.05) is 18.1 Å². The van der Waals surface area contributed by atoms with E-state index in [-0.39, 0.29) is 5.91 Å². The summed E-state index contributed by atoms with van der Waals surface area (Å²) >= 11 is 0. The van der Waals surface area contributed by atoms with Crippen LogP contribution in [-0.4, -0.2) is 24.0 Å². The van der Waals surface area contributed by atoms with Crippen molar-refractivity contribution in [1.29, 1.82) is 0 Å². The molecule has 0 bridgehead atoms. The van der Waals surface area contributed by atoms with E-state index in [0.29, 0.717) is 24.6 Å². The predicted octanol–water partition coefficient (Wildman–Crippen LogP) is 2.34. The van der Waals surface area contributed by atoms with E-state index in [1.165, 1.54) is 0 Å². The highest BCUT2D eigenvalue weighted by molar-refractivity contribution is 6.05. The number of nitrogens with one attached hydrogen (secondary N) is 1. The number of aromatic nitrogens is 1. The number of rotatable bonds is 6. The van der Waals surface area contributed by atoms with Crippen LogP contribution < -0.4 is 11.1 Å². The molecule has 0 spiro atoms. The van der Waals surface area contributed by atoms with Crippen molar-refractivity contribution in [3.63, 3.8) is 0 Å². The molecule has 0 fully saturated rings. The Balaban J connectivity index is 2.11. The zero-order valence-corrected chi connectivity index (χ0v) is 11.8. The lowest BCUT2D eigenvalue weighted by molar-refractivity contribution is 0.0947. The number of nitrogens with two attached hydrogens (primary N) is 1. The molecule has 4 nitrogen and oxygen atoms in total. The number of pyridine rings is 1. The van der Waals surface area contributed by atoms with Gasteiger partial charge in [-0.15, -0.1) is 0 Å². The summed E-state index contributed by atoms with van der Waals surface area (Å²) in [4.78, 5) is 16.6. The molecule has 1 aromatic carbocycles. The van der Waals surface area contributed by atoms with Gasteiger partial charge >= 0.3 is 0 Å². The minimum Gasteiger partial charge on any atom is -0.352 e. The molecular formula is C16H21N3O. The second-order valence-corrected chi connectivity index (χ2v) is 4.94. The molecule has 0 saturated heterocycles. The number of carbonyl (C=O) groups is 1. The second kappa shape index (κ2) is 7.01. The number of para-hydroxylation sites is 1. The highest BCUT2D eigenvalue weighted by Crippen LogP contribution is 2.16. The molecule has 0 aliphatic carbocycles. The minimum atomic E-state index is -0.0425. The number of benzene rings is 1. The second-order valence-electron chi connectivity index (χ2n) is 4.94. The Morgan fingerprint density at radius 2 is 2.15 bits per heavy atom. The number of nitrogens with zero attached hydrogens (tertiary/aromatic N) is 1. The van der Waals surface area contributed by atoms with Gasteiger partial charge in [-0.05, 0) is 31.0 Å². The lowest BCUT2D eigenvalue weighted by Crippen LogP contribution is -2.30. The number of fused-ring (bicyclic) bond motifs is 1. The molecule has 2 rings (SSSR count). The van der Waals surface area contributed by atoms with Gasteiger partial charge in [-0.1, -0.05) is 31.5 Å². The Labute approximate surface area is 119 Å². The Hall–Kier alpha value is -1.94. The standard InChI is InChI=1S/C16H21N3O/c1-2-12(7-9-17)11-19-16(20)14-8-10-18-15-6-4-3-5-13(14)15/h3-6,8,10,12H,2,7,9,11,17H2,1H3,(H,19,20). The summed E-state index contributed by atoms with van der Waals surface area (Å²) in [5.74, 6) is 0.399. The summed E-state index contributed by atoms with van der Waals surface area (Å²) in [6.07, 6.45) is 3.64. The number of hydrogen-bond donors (Lipinski definition) is 2. The van der Waals surface area contributed by atoms with Crippen LogP contribution in [0, 0.1) is 5.92 Å². The fraction of sp³-hybridized carbons (Fsp3) is 0.375. The summed E-state index contributed by atoms with van der Waals surface area (Å²) in [6.45, 7) is 3.45. The molecule has 1 aromatic heterocycles. The average molecular weight is 271 g/mol. The van der Waals surface area contributed by atoms with E-state index in [4.69, 9.17) is 5.73 Å². The highest BCUT2D eigenvalue weighted by Gasteiger charge is 2.12. The minimum absolute atomic E-state index is 0.0425. The summed E-state index contributed by atoms with van der Waals surface area (Å²) in [6, 6.07) is 9.45. The summed E-state index contributed by atoms with van der Waals surface area (Å²) < 4.78 is 0. The Morgan fingerprint density at radius 3 is 2.90 bits per heavy atom. The van der Waals surface area contributed by atoms with Crippen molar-refractivity contribution in [2.75, 3.05) is 13.1 Å². The maximum absolute atomic E-state index is 12.3. The topological polar surface area (TPSA) is 68.0 Å². The maximum Gasteiger partial charge on any atom is 0.252 e. The van der Waals surface area contributed by atoms with E-state index in [2.05, 4.69) is 17.2 Å². The first-order valence-corrected chi connectivity index (χ1v) is 7.08. The molecule has 0 radical (unpaired) electrons. The molecular weight excluding hydrogens is 250 g/mol. The first kappa shape index (κ1) is 14.5. The summed E-state index contributed by atoms with van der Waals surface area (Å²) in [5.41, 5.74) is 7.10. The third-order valence-electron chi connectivity index (χ3n) is 3.60. The lowest BCUT2D eigenvalue weighted by Gasteiger charge is -2.15. The zero-order chi connectivity index (χ0) is 14.4. The maximum atomic E-state index is 12.3. The predicted molar refractivity (Wildman–Crippen MR) is 81.5 cm³/mol. The van der Waals surface area contributed by atoms with Gasteiger partial charge in [0.2, 0.25) is 0 Å². The quantitative estimate of drug-likeness (QED) is 0.847. The molecule has 4 heteroatoms. The van der Waals surface area contributed by atoms with Crippen LogP contribution in [-0.2, 0) is 0 Å². The SMILES string of the molecule is CCC(CCN)CNC(=O)c1ccnc2ccccc12. The van der Waals surface area contributed by atoms with Gasteiger partial charge in [0.25, 0.3) is 5.91 Å². The van der Waals surface area contributed by atoms with Crippen molar-refractivity contribution >= 4 is 16.8 Å². The van der Waals surface area contributed by atoms with Crippen LogP contribution in [0.4, 0.5) is 0 Å². The Bertz CT molecular complexity index is 577. The molecule has 0 aliphatic heterocycles. The van der Waals surface area contributed by atoms with Crippen molar-refractivity contribution in [3.8, 4) is 0 Å². The van der Waals surface area contributed by atoms with Gasteiger partial charge < -0.3 is 11.1 Å². The fourth-order valence-corrected chi connectivity index (χ4v) is 2.31. The van der Waals surface area contributed by atoms with Crippen LogP contribution in [0.15, 0.2) is 36.5 Å². The van der Waals surface area contributed by atoms with Crippen LogP contribution in [0.2, 0.25) is 0 Å². The van der Waals surface area contributed by atoms with Gasteiger partial charge in [-0.2, -0.15) is 0 Å². The molecule has 1 heterocycles. The van der Waals surface area contributed by atoms with Crippen LogP contribution >= 0.6 is 0 Å². The van der Waals surface area contributed by atoms with Crippen molar-refractivity contribution < 1.29 is 4.79 Å². The van der Waals surface area contributed by atoms with Gasteiger partial charge in [-0.3, -0.25) is 9.78 Å². The number of hydrogen-bond acceptors (Lipinski definition) is 3. The van der Waals surface area contributed by atoms with Crippen LogP contribution in [0.25, 0.3) is 10.9 Å². The largest absolute Gasteiger partial charge is 0.352 e. The average Bonchev–Trinajstić information content (AvgIpc) is 2.50. The third-order valence-corrected chi connectivity index (χ3v) is 3.60. The van der Waals surface area contributed by atoms with Crippen LogP contribution in [0.5, 0.6) is 0 Å². The molecule has 20 heavy (non-hydrogen) atoms. The Morgan fingerprint density at radius 1 is 1.35 bits per heavy atom. The monoisotopic (exact) mass is 271 g/mol. The molecule has 0 aliphatic rings. The number of carbonyl (C=O) groups excluding carboxylic acids is 1. The lowest BCUT2D eigenvalue weighted by atomic mass is 10.0. The molecule has 1 unspecified atom stereocenters. The molecule has 0 saturated carbocycles. The van der Waals surface area contributed by atoms with Crippen molar-refractivity contribution in [3.05, 3.63) is 42.1 Å². The highest BCUT2D eigenvalue weighted by atomic mass is 16.1. The van der Waals surface area contributed by atoms with E-state index >= 15 is 0 Å². The van der Waals surface area contributed by atoms with Crippen molar-refractivity contribution in [2.45, 2.75) is 19.8 Å². The van der Waals surface area contributed by atoms with E-state index < -0.39 is 0 Å². The first-order chi connectivity index (χ1) is 9.76. The van der Waals surface area contributed by atoms with Gasteiger partial charge in [0.05, 0.1) is 11.1 Å². The van der Waals surface area contributed by atoms with Crippen LogP contribution in [0.3, 0.4) is 0 Å². The molecule has 3 N–H and O–H groups in total. The van der Waals surface area contributed by atoms with E-state index in [9.17, 15) is 4.79 Å². The van der Waals surface area contributed by atoms with Crippen molar-refractivity contribution in [1.82, 2.24) is 10.3 Å². The van der Waals surface area contributed by atoms with Crippen molar-refractivity contribution in [2.24, 2.45) is 11.7 Å². The van der Waals surface area contributed by atoms with E-state index in [0.717, 1.165) is 23.7 Å². The normalized spacial score (nSPS) is 12.3. The molecule has 1 amide bonds. The zero-order valence-electron chi connectivity index (χ0n) is 11.8. The van der Waals surface area contributed by atoms with Gasteiger partial charge in [0.15, 0.2) is 0 Å². The molecule has 2 aromatic rings. The number of amides is 1. The van der Waals surface area contributed by atoms with Gasteiger partial charge in [0.1, 0.15) is 0 Å². The van der Waals surface area contributed by atoms with Crippen LogP contribution in [0.1, 0.15) is 30.1 Å². The van der Waals surface area contributed by atoms with E-state index in [1.54, 1.807) is 12.3 Å². The first-order valence-electron chi connectivity index (χ1n) is 7.08. The Kier molecular flexibility index (Phi) is 5.07. The van der Waals surface area contributed by atoms with Gasteiger partial charge in [-0.25, -0.2) is 0 Å². The van der Waals surface area contributed by atoms with E-state index in [1.807, 2.05) is 24.3 Å². The fourth-order valence-electron chi connectivity index (χ4n) is 2.31. The third kappa shape index (κ3) is 3.33.